The largest absolute Gasteiger partial charge is 0.495 e. The van der Waals surface area contributed by atoms with Crippen molar-refractivity contribution in [2.45, 2.75) is 24.3 Å². The number of thioether (sulfide) groups is 1. The highest BCUT2D eigenvalue weighted by molar-refractivity contribution is 7.98. The van der Waals surface area contributed by atoms with E-state index in [1.54, 1.807) is 24.9 Å². The first-order valence-corrected chi connectivity index (χ1v) is 9.12. The molecular formula is C13H22N2O3S2. The number of hydrogen-bond donors (Lipinski definition) is 1. The minimum absolute atomic E-state index is 0.0442. The molecule has 1 rings (SSSR count). The topological polar surface area (TPSA) is 72.6 Å². The van der Waals surface area contributed by atoms with Gasteiger partial charge in [0, 0.05) is 30.6 Å². The standard InChI is InChI=1S/C13H22N2O3S2/c1-5-11(9-19-4)15(2)20(16,17)13-7-6-10(14)8-12(13)18-3/h6-8,11H,5,9,14H2,1-4H3. The third-order valence-corrected chi connectivity index (χ3v) is 5.86. The van der Waals surface area contributed by atoms with Crippen LogP contribution in [0.15, 0.2) is 23.1 Å². The Morgan fingerprint density at radius 1 is 1.45 bits per heavy atom. The van der Waals surface area contributed by atoms with Gasteiger partial charge in [0.15, 0.2) is 0 Å². The normalized spacial score (nSPS) is 13.4. The maximum Gasteiger partial charge on any atom is 0.246 e. The zero-order valence-electron chi connectivity index (χ0n) is 12.3. The van der Waals surface area contributed by atoms with Crippen molar-refractivity contribution < 1.29 is 13.2 Å². The highest BCUT2D eigenvalue weighted by Crippen LogP contribution is 2.29. The summed E-state index contributed by atoms with van der Waals surface area (Å²) in [5, 5.41) is 0. The van der Waals surface area contributed by atoms with Crippen LogP contribution >= 0.6 is 11.8 Å². The highest BCUT2D eigenvalue weighted by Gasteiger charge is 2.29. The summed E-state index contributed by atoms with van der Waals surface area (Å²) in [6.07, 6.45) is 2.72. The fraction of sp³-hybridized carbons (Fsp3) is 0.538. The van der Waals surface area contributed by atoms with Gasteiger partial charge in [-0.2, -0.15) is 16.1 Å². The van der Waals surface area contributed by atoms with Gasteiger partial charge in [-0.3, -0.25) is 0 Å². The Labute approximate surface area is 125 Å². The predicted molar refractivity (Wildman–Crippen MR) is 84.8 cm³/mol. The Morgan fingerprint density at radius 2 is 2.10 bits per heavy atom. The van der Waals surface area contributed by atoms with Crippen LogP contribution in [0.4, 0.5) is 5.69 Å². The van der Waals surface area contributed by atoms with Gasteiger partial charge >= 0.3 is 0 Å². The van der Waals surface area contributed by atoms with Crippen molar-refractivity contribution in [2.24, 2.45) is 0 Å². The number of nitrogen functional groups attached to an aromatic ring is 1. The molecule has 1 unspecified atom stereocenters. The summed E-state index contributed by atoms with van der Waals surface area (Å²) in [7, 11) is -0.548. The molecule has 114 valence electrons. The number of ether oxygens (including phenoxy) is 1. The number of methoxy groups -OCH3 is 1. The fourth-order valence-electron chi connectivity index (χ4n) is 1.92. The molecule has 20 heavy (non-hydrogen) atoms. The van der Waals surface area contributed by atoms with Crippen LogP contribution in [0.1, 0.15) is 13.3 Å². The van der Waals surface area contributed by atoms with Crippen LogP contribution in [-0.2, 0) is 10.0 Å². The number of nitrogens with two attached hydrogens (primary N) is 1. The van der Waals surface area contributed by atoms with Gasteiger partial charge < -0.3 is 10.5 Å². The second kappa shape index (κ2) is 7.19. The second-order valence-corrected chi connectivity index (χ2v) is 7.33. The Balaban J connectivity index is 3.22. The maximum absolute atomic E-state index is 12.7. The number of sulfonamides is 1. The number of benzene rings is 1. The molecule has 0 radical (unpaired) electrons. The molecule has 1 aromatic carbocycles. The molecule has 0 fully saturated rings. The summed E-state index contributed by atoms with van der Waals surface area (Å²) in [6, 6.07) is 4.54. The smallest absolute Gasteiger partial charge is 0.246 e. The van der Waals surface area contributed by atoms with Crippen LogP contribution in [0.3, 0.4) is 0 Å². The van der Waals surface area contributed by atoms with Gasteiger partial charge in [-0.1, -0.05) is 6.92 Å². The molecule has 0 heterocycles. The molecule has 0 aliphatic rings. The van der Waals surface area contributed by atoms with Crippen molar-refractivity contribution in [3.05, 3.63) is 18.2 Å². The van der Waals surface area contributed by atoms with Crippen LogP contribution in [-0.4, -0.2) is 44.9 Å². The minimum atomic E-state index is -3.59. The lowest BCUT2D eigenvalue weighted by molar-refractivity contribution is 0.374. The predicted octanol–water partition coefficient (Wildman–Crippen LogP) is 2.04. The summed E-state index contributed by atoms with van der Waals surface area (Å²) < 4.78 is 31.9. The lowest BCUT2D eigenvalue weighted by Crippen LogP contribution is -2.38. The van der Waals surface area contributed by atoms with Crippen LogP contribution < -0.4 is 10.5 Å². The van der Waals surface area contributed by atoms with Gasteiger partial charge in [-0.05, 0) is 24.8 Å². The fourth-order valence-corrected chi connectivity index (χ4v) is 4.42. The summed E-state index contributed by atoms with van der Waals surface area (Å²) in [5.41, 5.74) is 6.14. The number of rotatable bonds is 7. The summed E-state index contributed by atoms with van der Waals surface area (Å²) in [6.45, 7) is 1.98. The van der Waals surface area contributed by atoms with E-state index in [0.717, 1.165) is 12.2 Å². The average molecular weight is 318 g/mol. The van der Waals surface area contributed by atoms with Crippen molar-refractivity contribution in [1.29, 1.82) is 0 Å². The van der Waals surface area contributed by atoms with Gasteiger partial charge in [0.2, 0.25) is 10.0 Å². The third kappa shape index (κ3) is 3.59. The molecule has 0 aromatic heterocycles. The average Bonchev–Trinajstić information content (AvgIpc) is 2.43. The minimum Gasteiger partial charge on any atom is -0.495 e. The van der Waals surface area contributed by atoms with Crippen LogP contribution in [0.2, 0.25) is 0 Å². The van der Waals surface area contributed by atoms with Crippen molar-refractivity contribution in [3.8, 4) is 5.75 Å². The number of anilines is 1. The Kier molecular flexibility index (Phi) is 6.16. The summed E-state index contributed by atoms with van der Waals surface area (Å²) in [4.78, 5) is 0.149. The molecule has 0 saturated heterocycles. The molecule has 0 bridgehead atoms. The quantitative estimate of drug-likeness (QED) is 0.779. The SMILES string of the molecule is CCC(CSC)N(C)S(=O)(=O)c1ccc(N)cc1OC. The van der Waals surface area contributed by atoms with Gasteiger partial charge in [0.1, 0.15) is 10.6 Å². The van der Waals surface area contributed by atoms with E-state index in [9.17, 15) is 8.42 Å². The lowest BCUT2D eigenvalue weighted by atomic mass is 10.3. The molecule has 0 aliphatic heterocycles. The molecule has 7 heteroatoms. The second-order valence-electron chi connectivity index (χ2n) is 4.45. The van der Waals surface area contributed by atoms with Gasteiger partial charge in [-0.25, -0.2) is 8.42 Å². The van der Waals surface area contributed by atoms with Crippen LogP contribution in [0.25, 0.3) is 0 Å². The molecule has 0 saturated carbocycles. The molecule has 1 aromatic rings. The van der Waals surface area contributed by atoms with Crippen molar-refractivity contribution >= 4 is 27.5 Å². The van der Waals surface area contributed by atoms with E-state index in [4.69, 9.17) is 10.5 Å². The highest BCUT2D eigenvalue weighted by atomic mass is 32.2. The summed E-state index contributed by atoms with van der Waals surface area (Å²) in [5.74, 6) is 1.03. The van der Waals surface area contributed by atoms with E-state index in [1.807, 2.05) is 13.2 Å². The van der Waals surface area contributed by atoms with Gasteiger partial charge in [0.25, 0.3) is 0 Å². The molecule has 5 nitrogen and oxygen atoms in total. The first-order chi connectivity index (χ1) is 9.38. The van der Waals surface area contributed by atoms with E-state index < -0.39 is 10.0 Å². The lowest BCUT2D eigenvalue weighted by Gasteiger charge is -2.26. The molecule has 1 atom stereocenters. The third-order valence-electron chi connectivity index (χ3n) is 3.19. The zero-order valence-corrected chi connectivity index (χ0v) is 13.9. The summed E-state index contributed by atoms with van der Waals surface area (Å²) >= 11 is 1.63. The first kappa shape index (κ1) is 17.1. The van der Waals surface area contributed by atoms with E-state index in [2.05, 4.69) is 0 Å². The molecule has 0 aliphatic carbocycles. The van der Waals surface area contributed by atoms with Gasteiger partial charge in [0.05, 0.1) is 7.11 Å². The van der Waals surface area contributed by atoms with E-state index >= 15 is 0 Å². The molecular weight excluding hydrogens is 296 g/mol. The first-order valence-electron chi connectivity index (χ1n) is 6.29. The van der Waals surface area contributed by atoms with Gasteiger partial charge in [-0.15, -0.1) is 0 Å². The number of hydrogen-bond acceptors (Lipinski definition) is 5. The number of nitrogens with zero attached hydrogens (tertiary/aromatic N) is 1. The van der Waals surface area contributed by atoms with Crippen molar-refractivity contribution in [2.75, 3.05) is 31.9 Å². The monoisotopic (exact) mass is 318 g/mol. The molecule has 0 amide bonds. The molecule has 0 spiro atoms. The van der Waals surface area contributed by atoms with Crippen LogP contribution in [0.5, 0.6) is 5.75 Å². The zero-order chi connectivity index (χ0) is 15.3. The van der Waals surface area contributed by atoms with Crippen LogP contribution in [0, 0.1) is 0 Å². The van der Waals surface area contributed by atoms with E-state index in [0.29, 0.717) is 5.69 Å². The Hall–Kier alpha value is -0.920. The Bertz CT molecular complexity index is 547. The van der Waals surface area contributed by atoms with Crippen molar-refractivity contribution in [3.63, 3.8) is 0 Å². The maximum atomic E-state index is 12.7. The Morgan fingerprint density at radius 3 is 2.60 bits per heavy atom. The van der Waals surface area contributed by atoms with E-state index in [-0.39, 0.29) is 16.7 Å². The van der Waals surface area contributed by atoms with Crippen molar-refractivity contribution in [1.82, 2.24) is 4.31 Å². The van der Waals surface area contributed by atoms with E-state index in [1.165, 1.54) is 23.5 Å². The molecule has 2 N–H and O–H groups in total.